The summed E-state index contributed by atoms with van der Waals surface area (Å²) in [6, 6.07) is 7.94. The van der Waals surface area contributed by atoms with Crippen molar-refractivity contribution in [1.29, 1.82) is 0 Å². The number of hydrogen-bond donors (Lipinski definition) is 0. The summed E-state index contributed by atoms with van der Waals surface area (Å²) in [5, 5.41) is 16.6. The van der Waals surface area contributed by atoms with Crippen molar-refractivity contribution in [3.63, 3.8) is 0 Å². The van der Waals surface area contributed by atoms with Gasteiger partial charge in [0.1, 0.15) is 5.75 Å². The van der Waals surface area contributed by atoms with Gasteiger partial charge in [-0.15, -0.1) is 5.10 Å². The number of methoxy groups -OCH3 is 1. The number of tetrazole rings is 1. The quantitative estimate of drug-likeness (QED) is 0.636. The molecule has 8 nitrogen and oxygen atoms in total. The van der Waals surface area contributed by atoms with Crippen LogP contribution in [0.5, 0.6) is 5.75 Å². The van der Waals surface area contributed by atoms with Gasteiger partial charge >= 0.3 is 0 Å². The molecule has 1 aromatic carbocycles. The number of thioether (sulfide) groups is 1. The van der Waals surface area contributed by atoms with Crippen LogP contribution in [0.15, 0.2) is 33.9 Å². The molecule has 0 spiro atoms. The van der Waals surface area contributed by atoms with Crippen LogP contribution in [-0.2, 0) is 5.75 Å². The van der Waals surface area contributed by atoms with Crippen molar-refractivity contribution in [1.82, 2.24) is 30.3 Å². The molecule has 0 amide bonds. The molecule has 0 unspecified atom stereocenters. The van der Waals surface area contributed by atoms with Crippen LogP contribution in [0, 0.1) is 0 Å². The first-order valence-electron chi connectivity index (χ1n) is 7.21. The molecule has 0 atom stereocenters. The molecule has 118 valence electrons. The van der Waals surface area contributed by atoms with Gasteiger partial charge < -0.3 is 9.26 Å². The van der Waals surface area contributed by atoms with Gasteiger partial charge in [0.2, 0.25) is 5.16 Å². The normalized spacial score (nSPS) is 14.1. The molecule has 3 aromatic rings. The highest BCUT2D eigenvalue weighted by Crippen LogP contribution is 2.36. The van der Waals surface area contributed by atoms with E-state index in [0.717, 1.165) is 29.3 Å². The summed E-state index contributed by atoms with van der Waals surface area (Å²) in [5.74, 6) is 2.46. The van der Waals surface area contributed by atoms with Gasteiger partial charge in [0.15, 0.2) is 5.82 Å². The number of rotatable bonds is 6. The van der Waals surface area contributed by atoms with Crippen molar-refractivity contribution in [2.45, 2.75) is 29.8 Å². The number of nitrogens with zero attached hydrogens (tertiary/aromatic N) is 6. The second kappa shape index (κ2) is 5.99. The molecular weight excluding hydrogens is 316 g/mol. The van der Waals surface area contributed by atoms with E-state index in [4.69, 9.17) is 9.26 Å². The molecule has 2 aromatic heterocycles. The van der Waals surface area contributed by atoms with E-state index in [9.17, 15) is 0 Å². The highest BCUT2D eigenvalue weighted by molar-refractivity contribution is 7.98. The molecule has 1 fully saturated rings. The molecule has 1 aliphatic rings. The maximum absolute atomic E-state index is 5.31. The van der Waals surface area contributed by atoms with Gasteiger partial charge in [0, 0.05) is 5.56 Å². The van der Waals surface area contributed by atoms with Gasteiger partial charge in [-0.1, -0.05) is 16.9 Å². The average molecular weight is 330 g/mol. The first kappa shape index (κ1) is 14.2. The van der Waals surface area contributed by atoms with Crippen LogP contribution in [0.4, 0.5) is 0 Å². The summed E-state index contributed by atoms with van der Waals surface area (Å²) in [5.41, 5.74) is 0.859. The van der Waals surface area contributed by atoms with E-state index in [1.807, 2.05) is 28.9 Å². The second-order valence-corrected chi connectivity index (χ2v) is 6.11. The lowest BCUT2D eigenvalue weighted by Crippen LogP contribution is -1.99. The molecule has 0 radical (unpaired) electrons. The molecule has 1 saturated carbocycles. The Bertz CT molecular complexity index is 796. The summed E-state index contributed by atoms with van der Waals surface area (Å²) in [7, 11) is 1.63. The Kier molecular flexibility index (Phi) is 3.70. The lowest BCUT2D eigenvalue weighted by molar-refractivity contribution is 0.414. The second-order valence-electron chi connectivity index (χ2n) is 5.17. The summed E-state index contributed by atoms with van der Waals surface area (Å²) in [4.78, 5) is 4.41. The summed E-state index contributed by atoms with van der Waals surface area (Å²) in [6.07, 6.45) is 2.28. The highest BCUT2D eigenvalue weighted by Gasteiger charge is 2.28. The molecule has 1 aliphatic carbocycles. The van der Waals surface area contributed by atoms with Crippen molar-refractivity contribution in [3.8, 4) is 17.2 Å². The zero-order valence-corrected chi connectivity index (χ0v) is 13.2. The van der Waals surface area contributed by atoms with Crippen molar-refractivity contribution in [3.05, 3.63) is 30.1 Å². The molecule has 0 N–H and O–H groups in total. The van der Waals surface area contributed by atoms with Gasteiger partial charge in [-0.2, -0.15) is 4.98 Å². The van der Waals surface area contributed by atoms with Crippen LogP contribution in [0.2, 0.25) is 0 Å². The minimum atomic E-state index is 0.452. The molecular formula is C14H14N6O2S. The average Bonchev–Trinajstić information content (AvgIpc) is 3.14. The largest absolute Gasteiger partial charge is 0.497 e. The Hall–Kier alpha value is -2.42. The first-order chi connectivity index (χ1) is 11.3. The van der Waals surface area contributed by atoms with Crippen LogP contribution in [0.3, 0.4) is 0 Å². The van der Waals surface area contributed by atoms with Gasteiger partial charge in [-0.3, -0.25) is 0 Å². The topological polar surface area (TPSA) is 91.8 Å². The third kappa shape index (κ3) is 3.04. The zero-order chi connectivity index (χ0) is 15.6. The monoisotopic (exact) mass is 330 g/mol. The fraction of sp³-hybridized carbons (Fsp3) is 0.357. The number of ether oxygens (including phenoxy) is 1. The van der Waals surface area contributed by atoms with Crippen LogP contribution in [0.25, 0.3) is 11.5 Å². The molecule has 4 rings (SSSR count). The van der Waals surface area contributed by atoms with Gasteiger partial charge in [-0.25, -0.2) is 4.68 Å². The van der Waals surface area contributed by atoms with E-state index in [1.165, 1.54) is 11.8 Å². The summed E-state index contributed by atoms with van der Waals surface area (Å²) in [6.45, 7) is 0. The zero-order valence-electron chi connectivity index (χ0n) is 12.4. The van der Waals surface area contributed by atoms with Crippen molar-refractivity contribution in [2.24, 2.45) is 0 Å². The molecule has 2 heterocycles. The number of benzene rings is 1. The van der Waals surface area contributed by atoms with E-state index < -0.39 is 0 Å². The Morgan fingerprint density at radius 2 is 2.13 bits per heavy atom. The van der Waals surface area contributed by atoms with E-state index in [0.29, 0.717) is 23.5 Å². The molecule has 0 aliphatic heterocycles. The third-order valence-electron chi connectivity index (χ3n) is 3.49. The highest BCUT2D eigenvalue weighted by atomic mass is 32.2. The predicted molar refractivity (Wildman–Crippen MR) is 81.9 cm³/mol. The van der Waals surface area contributed by atoms with Crippen LogP contribution in [0.1, 0.15) is 24.7 Å². The maximum atomic E-state index is 5.31. The molecule has 0 bridgehead atoms. The van der Waals surface area contributed by atoms with E-state index in [1.54, 1.807) is 7.11 Å². The smallest absolute Gasteiger partial charge is 0.257 e. The van der Waals surface area contributed by atoms with Gasteiger partial charge in [-0.05, 0) is 47.5 Å². The summed E-state index contributed by atoms with van der Waals surface area (Å²) >= 11 is 1.51. The Morgan fingerprint density at radius 1 is 1.30 bits per heavy atom. The van der Waals surface area contributed by atoms with E-state index in [2.05, 4.69) is 25.7 Å². The van der Waals surface area contributed by atoms with Crippen molar-refractivity contribution < 1.29 is 9.26 Å². The molecule has 23 heavy (non-hydrogen) atoms. The number of aromatic nitrogens is 6. The molecule has 0 saturated heterocycles. The predicted octanol–water partition coefficient (Wildman–Crippen LogP) is 2.36. The lowest BCUT2D eigenvalue weighted by Gasteiger charge is -1.99. The Balaban J connectivity index is 1.44. The fourth-order valence-corrected chi connectivity index (χ4v) is 2.91. The fourth-order valence-electron chi connectivity index (χ4n) is 2.12. The van der Waals surface area contributed by atoms with Gasteiger partial charge in [0.05, 0.1) is 18.9 Å². The summed E-state index contributed by atoms with van der Waals surface area (Å²) < 4.78 is 12.3. The maximum Gasteiger partial charge on any atom is 0.257 e. The van der Waals surface area contributed by atoms with Crippen LogP contribution < -0.4 is 4.74 Å². The van der Waals surface area contributed by atoms with Crippen molar-refractivity contribution >= 4 is 11.8 Å². The minimum absolute atomic E-state index is 0.452. The SMILES string of the molecule is COc1ccc(-c2nc(CSc3nnnn3C3CC3)no2)cc1. The Morgan fingerprint density at radius 3 is 2.87 bits per heavy atom. The van der Waals surface area contributed by atoms with Crippen LogP contribution >= 0.6 is 11.8 Å². The van der Waals surface area contributed by atoms with Crippen LogP contribution in [-0.4, -0.2) is 37.5 Å². The molecule has 9 heteroatoms. The standard InChI is InChI=1S/C14H14N6O2S/c1-21-11-6-2-9(3-7-11)13-15-12(17-22-13)8-23-14-16-18-19-20(14)10-4-5-10/h2-3,6-7,10H,4-5,8H2,1H3. The van der Waals surface area contributed by atoms with Crippen molar-refractivity contribution in [2.75, 3.05) is 7.11 Å². The number of hydrogen-bond acceptors (Lipinski definition) is 8. The van der Waals surface area contributed by atoms with E-state index >= 15 is 0 Å². The first-order valence-corrected chi connectivity index (χ1v) is 8.20. The van der Waals surface area contributed by atoms with Gasteiger partial charge in [0.25, 0.3) is 5.89 Å². The minimum Gasteiger partial charge on any atom is -0.497 e. The third-order valence-corrected chi connectivity index (χ3v) is 4.42. The lowest BCUT2D eigenvalue weighted by atomic mass is 10.2. The van der Waals surface area contributed by atoms with E-state index in [-0.39, 0.29) is 0 Å². The Labute approximate surface area is 136 Å².